The van der Waals surface area contributed by atoms with E-state index in [-0.39, 0.29) is 0 Å². The van der Waals surface area contributed by atoms with Gasteiger partial charge in [-0.15, -0.1) is 0 Å². The second-order valence-electron chi connectivity index (χ2n) is 2.28. The molecule has 0 aliphatic heterocycles. The van der Waals surface area contributed by atoms with Crippen molar-refractivity contribution in [2.24, 2.45) is 0 Å². The molecule has 6 nitrogen and oxygen atoms in total. The minimum atomic E-state index is -1.32. The van der Waals surface area contributed by atoms with Crippen LogP contribution in [0.5, 0.6) is 0 Å². The van der Waals surface area contributed by atoms with Crippen molar-refractivity contribution in [2.45, 2.75) is 6.42 Å². The molecule has 0 saturated carbocycles. The molecule has 0 saturated heterocycles. The quantitative estimate of drug-likeness (QED) is 0.251. The fraction of sp³-hybridized carbons (Fsp3) is 0.125. The lowest BCUT2D eigenvalue weighted by molar-refractivity contribution is -0.139. The molecule has 0 heterocycles. The van der Waals surface area contributed by atoms with Gasteiger partial charge in [-0.05, 0) is 6.08 Å². The number of carboxylic acids is 2. The Bertz CT molecular complexity index is 312. The third-order valence-corrected chi connectivity index (χ3v) is 1.03. The molecule has 0 unspecified atom stereocenters. The molecular formula is C8H8O6. The van der Waals surface area contributed by atoms with Gasteiger partial charge in [-0.1, -0.05) is 0 Å². The number of carbonyl (C=O) groups is 3. The highest BCUT2D eigenvalue weighted by molar-refractivity contribution is 6.01. The van der Waals surface area contributed by atoms with Crippen LogP contribution in [0, 0.1) is 0 Å². The van der Waals surface area contributed by atoms with Crippen LogP contribution in [-0.2, 0) is 14.4 Å². The highest BCUT2D eigenvalue weighted by Gasteiger charge is 2.04. The van der Waals surface area contributed by atoms with Crippen molar-refractivity contribution in [1.82, 2.24) is 0 Å². The molecule has 14 heavy (non-hydrogen) atoms. The molecule has 0 atom stereocenters. The van der Waals surface area contributed by atoms with Crippen LogP contribution in [0.4, 0.5) is 0 Å². The third kappa shape index (κ3) is 6.59. The number of aliphatic hydroxyl groups excluding tert-OH is 1. The summed E-state index contributed by atoms with van der Waals surface area (Å²) in [5, 5.41) is 25.2. The summed E-state index contributed by atoms with van der Waals surface area (Å²) in [6.07, 6.45) is 1.31. The van der Waals surface area contributed by atoms with Crippen molar-refractivity contribution in [1.29, 1.82) is 0 Å². The number of carbonyl (C=O) groups excluding carboxylic acids is 1. The van der Waals surface area contributed by atoms with Crippen LogP contribution >= 0.6 is 0 Å². The van der Waals surface area contributed by atoms with E-state index in [0.29, 0.717) is 12.2 Å². The van der Waals surface area contributed by atoms with Crippen LogP contribution in [0.3, 0.4) is 0 Å². The predicted molar refractivity (Wildman–Crippen MR) is 44.7 cm³/mol. The first-order chi connectivity index (χ1) is 6.41. The van der Waals surface area contributed by atoms with Crippen LogP contribution in [0.25, 0.3) is 0 Å². The molecule has 0 fully saturated rings. The highest BCUT2D eigenvalue weighted by Crippen LogP contribution is 1.94. The maximum Gasteiger partial charge on any atom is 0.328 e. The zero-order chi connectivity index (χ0) is 11.1. The monoisotopic (exact) mass is 200 g/mol. The van der Waals surface area contributed by atoms with E-state index < -0.39 is 29.9 Å². The van der Waals surface area contributed by atoms with Crippen LogP contribution in [0.15, 0.2) is 24.0 Å². The summed E-state index contributed by atoms with van der Waals surface area (Å²) >= 11 is 0. The molecule has 3 N–H and O–H groups in total. The molecule has 76 valence electrons. The van der Waals surface area contributed by atoms with Crippen LogP contribution in [0.1, 0.15) is 6.42 Å². The normalized spacial score (nSPS) is 11.6. The third-order valence-electron chi connectivity index (χ3n) is 1.03. The minimum absolute atomic E-state index is 0.598. The van der Waals surface area contributed by atoms with E-state index in [4.69, 9.17) is 15.3 Å². The molecule has 0 aliphatic carbocycles. The van der Waals surface area contributed by atoms with Crippen molar-refractivity contribution in [3.8, 4) is 0 Å². The Labute approximate surface area is 78.8 Å². The SMILES string of the molecule is O=C(O)/C=C\C(O)=C/C(=O)CC(=O)O. The Morgan fingerprint density at radius 2 is 1.57 bits per heavy atom. The summed E-state index contributed by atoms with van der Waals surface area (Å²) in [5.74, 6) is -4.01. The number of allylic oxidation sites excluding steroid dienone is 2. The fourth-order valence-corrected chi connectivity index (χ4v) is 0.570. The second-order valence-corrected chi connectivity index (χ2v) is 2.28. The van der Waals surface area contributed by atoms with Gasteiger partial charge >= 0.3 is 11.9 Å². The lowest BCUT2D eigenvalue weighted by Crippen LogP contribution is -2.04. The first kappa shape index (κ1) is 11.9. The van der Waals surface area contributed by atoms with E-state index in [2.05, 4.69) is 0 Å². The molecule has 6 heteroatoms. The molecule has 0 aromatic carbocycles. The standard InChI is InChI=1S/C8H8O6/c9-5(1-2-7(11)12)3-6(10)4-8(13)14/h1-3,9H,4H2,(H,11,12)(H,13,14)/b2-1-,5-3+. The van der Waals surface area contributed by atoms with Gasteiger partial charge in [0, 0.05) is 12.2 Å². The molecule has 0 amide bonds. The summed E-state index contributed by atoms with van der Waals surface area (Å²) in [7, 11) is 0. The first-order valence-corrected chi connectivity index (χ1v) is 3.48. The van der Waals surface area contributed by atoms with Gasteiger partial charge in [0.05, 0.1) is 0 Å². The van der Waals surface area contributed by atoms with E-state index in [1.807, 2.05) is 0 Å². The molecule has 0 aromatic heterocycles. The summed E-state index contributed by atoms with van der Waals surface area (Å²) in [4.78, 5) is 30.7. The smallest absolute Gasteiger partial charge is 0.328 e. The Hall–Kier alpha value is -2.11. The Morgan fingerprint density at radius 1 is 1.00 bits per heavy atom. The molecule has 0 aromatic rings. The largest absolute Gasteiger partial charge is 0.508 e. The number of hydrogen-bond donors (Lipinski definition) is 3. The number of rotatable bonds is 5. The Morgan fingerprint density at radius 3 is 2.00 bits per heavy atom. The van der Waals surface area contributed by atoms with Gasteiger partial charge in [0.1, 0.15) is 12.2 Å². The lowest BCUT2D eigenvalue weighted by atomic mass is 10.2. The Kier molecular flexibility index (Phi) is 4.69. The van der Waals surface area contributed by atoms with Crippen LogP contribution in [-0.4, -0.2) is 33.0 Å². The molecule has 0 bridgehead atoms. The lowest BCUT2D eigenvalue weighted by Gasteiger charge is -1.90. The molecular weight excluding hydrogens is 192 g/mol. The van der Waals surface area contributed by atoms with Gasteiger partial charge in [0.25, 0.3) is 0 Å². The zero-order valence-corrected chi connectivity index (χ0v) is 7.01. The average molecular weight is 200 g/mol. The van der Waals surface area contributed by atoms with E-state index in [9.17, 15) is 14.4 Å². The number of aliphatic hydroxyl groups is 1. The van der Waals surface area contributed by atoms with E-state index in [1.54, 1.807) is 0 Å². The Balaban J connectivity index is 4.30. The van der Waals surface area contributed by atoms with Gasteiger partial charge in [0.2, 0.25) is 0 Å². The summed E-state index contributed by atoms with van der Waals surface area (Å²) in [5.41, 5.74) is 0. The van der Waals surface area contributed by atoms with E-state index >= 15 is 0 Å². The van der Waals surface area contributed by atoms with Gasteiger partial charge in [-0.3, -0.25) is 9.59 Å². The number of ketones is 1. The summed E-state index contributed by atoms with van der Waals surface area (Å²) in [6.45, 7) is 0. The van der Waals surface area contributed by atoms with Crippen LogP contribution < -0.4 is 0 Å². The van der Waals surface area contributed by atoms with Gasteiger partial charge in [-0.2, -0.15) is 0 Å². The van der Waals surface area contributed by atoms with Crippen molar-refractivity contribution >= 4 is 17.7 Å². The molecule has 0 spiro atoms. The van der Waals surface area contributed by atoms with Crippen LogP contribution in [0.2, 0.25) is 0 Å². The number of aliphatic carboxylic acids is 2. The first-order valence-electron chi connectivity index (χ1n) is 3.48. The van der Waals surface area contributed by atoms with Gasteiger partial charge in [-0.25, -0.2) is 4.79 Å². The fourth-order valence-electron chi connectivity index (χ4n) is 0.570. The minimum Gasteiger partial charge on any atom is -0.508 e. The van der Waals surface area contributed by atoms with Crippen molar-refractivity contribution in [3.63, 3.8) is 0 Å². The average Bonchev–Trinajstić information content (AvgIpc) is 1.98. The molecule has 0 aliphatic rings. The summed E-state index contributed by atoms with van der Waals surface area (Å²) in [6, 6.07) is 0. The number of hydrogen-bond acceptors (Lipinski definition) is 4. The maximum atomic E-state index is 10.7. The van der Waals surface area contributed by atoms with Gasteiger partial charge < -0.3 is 15.3 Å². The van der Waals surface area contributed by atoms with Gasteiger partial charge in [0.15, 0.2) is 5.78 Å². The van der Waals surface area contributed by atoms with E-state index in [0.717, 1.165) is 6.08 Å². The molecule has 0 radical (unpaired) electrons. The second kappa shape index (κ2) is 5.52. The highest BCUT2D eigenvalue weighted by atomic mass is 16.4. The van der Waals surface area contributed by atoms with E-state index in [1.165, 1.54) is 0 Å². The topological polar surface area (TPSA) is 112 Å². The zero-order valence-electron chi connectivity index (χ0n) is 7.01. The maximum absolute atomic E-state index is 10.7. The predicted octanol–water partition coefficient (Wildman–Crippen LogP) is 0.113. The van der Waals surface area contributed by atoms with Crippen molar-refractivity contribution in [2.75, 3.05) is 0 Å². The van der Waals surface area contributed by atoms with Crippen molar-refractivity contribution in [3.05, 3.63) is 24.0 Å². The molecule has 0 rings (SSSR count). The number of carboxylic acid groups (broad SMARTS) is 2. The summed E-state index contributed by atoms with van der Waals surface area (Å²) < 4.78 is 0. The van der Waals surface area contributed by atoms with Crippen molar-refractivity contribution < 1.29 is 29.7 Å².